The van der Waals surface area contributed by atoms with Crippen molar-refractivity contribution in [3.8, 4) is 0 Å². The highest BCUT2D eigenvalue weighted by Gasteiger charge is 2.02. The van der Waals surface area contributed by atoms with Crippen LogP contribution >= 0.6 is 11.8 Å². The molecule has 4 N–H and O–H groups in total. The quantitative estimate of drug-likeness (QED) is 0.736. The molecule has 15 heavy (non-hydrogen) atoms. The van der Waals surface area contributed by atoms with Crippen molar-refractivity contribution in [1.82, 2.24) is 0 Å². The third kappa shape index (κ3) is 4.69. The largest absolute Gasteiger partial charge is 0.412 e. The third-order valence-corrected chi connectivity index (χ3v) is 3.22. The average Bonchev–Trinajstić information content (AvgIpc) is 2.08. The van der Waals surface area contributed by atoms with Crippen LogP contribution in [0.2, 0.25) is 0 Å². The number of benzene rings is 1. The molecule has 0 fully saturated rings. The van der Waals surface area contributed by atoms with Crippen LogP contribution < -0.4 is 0 Å². The lowest BCUT2D eigenvalue weighted by Crippen LogP contribution is -1.89. The number of aryl methyl sites for hydroxylation is 1. The van der Waals surface area contributed by atoms with E-state index in [1.807, 2.05) is 11.8 Å². The lowest BCUT2D eigenvalue weighted by Gasteiger charge is -2.09. The fraction of sp³-hybridized carbons (Fsp3) is 0.500. The average molecular weight is 230 g/mol. The second-order valence-corrected chi connectivity index (χ2v) is 4.92. The van der Waals surface area contributed by atoms with Crippen LogP contribution in [0, 0.1) is 6.92 Å². The van der Waals surface area contributed by atoms with Crippen molar-refractivity contribution >= 4 is 11.8 Å². The van der Waals surface area contributed by atoms with Crippen LogP contribution in [0.3, 0.4) is 0 Å². The van der Waals surface area contributed by atoms with Gasteiger partial charge in [0.2, 0.25) is 0 Å². The Balaban J connectivity index is 0. The van der Waals surface area contributed by atoms with E-state index in [0.29, 0.717) is 5.92 Å². The van der Waals surface area contributed by atoms with Crippen LogP contribution in [0.1, 0.15) is 37.8 Å². The maximum absolute atomic E-state index is 2.31. The van der Waals surface area contributed by atoms with Gasteiger partial charge in [-0.2, -0.15) is 0 Å². The van der Waals surface area contributed by atoms with Crippen molar-refractivity contribution in [3.05, 3.63) is 29.3 Å². The minimum atomic E-state index is 0. The molecule has 0 heterocycles. The summed E-state index contributed by atoms with van der Waals surface area (Å²) in [5.41, 5.74) is 2.86. The van der Waals surface area contributed by atoms with Crippen molar-refractivity contribution in [2.45, 2.75) is 38.5 Å². The van der Waals surface area contributed by atoms with E-state index in [0.717, 1.165) is 5.75 Å². The van der Waals surface area contributed by atoms with Crippen LogP contribution in [0.4, 0.5) is 0 Å². The van der Waals surface area contributed by atoms with Gasteiger partial charge in [0.1, 0.15) is 0 Å². The molecule has 0 radical (unpaired) electrons. The summed E-state index contributed by atoms with van der Waals surface area (Å²) in [6.45, 7) is 8.87. The maximum atomic E-state index is 2.31. The van der Waals surface area contributed by atoms with Gasteiger partial charge in [-0.3, -0.25) is 0 Å². The van der Waals surface area contributed by atoms with E-state index < -0.39 is 0 Å². The van der Waals surface area contributed by atoms with Crippen LogP contribution in [0.15, 0.2) is 23.1 Å². The Labute approximate surface area is 96.7 Å². The fourth-order valence-electron chi connectivity index (χ4n) is 1.35. The molecule has 0 aliphatic rings. The van der Waals surface area contributed by atoms with E-state index in [4.69, 9.17) is 0 Å². The Kier molecular flexibility index (Phi) is 8.72. The maximum Gasteiger partial charge on any atom is 0.0101 e. The molecule has 0 unspecified atom stereocenters. The molecule has 2 nitrogen and oxygen atoms in total. The van der Waals surface area contributed by atoms with Gasteiger partial charge in [-0.1, -0.05) is 32.9 Å². The topological polar surface area (TPSA) is 63.0 Å². The molecule has 0 saturated carbocycles. The number of rotatable bonds is 3. The zero-order valence-corrected chi connectivity index (χ0v) is 10.7. The molecule has 0 spiro atoms. The highest BCUT2D eigenvalue weighted by Crippen LogP contribution is 2.25. The lowest BCUT2D eigenvalue weighted by atomic mass is 10.0. The van der Waals surface area contributed by atoms with Crippen molar-refractivity contribution in [2.75, 3.05) is 5.75 Å². The molecule has 0 atom stereocenters. The minimum absolute atomic E-state index is 0. The first kappa shape index (κ1) is 16.9. The van der Waals surface area contributed by atoms with E-state index in [2.05, 4.69) is 45.9 Å². The smallest absolute Gasteiger partial charge is 0.0101 e. The fourth-order valence-corrected chi connectivity index (χ4v) is 2.11. The van der Waals surface area contributed by atoms with E-state index >= 15 is 0 Å². The minimum Gasteiger partial charge on any atom is -0.412 e. The summed E-state index contributed by atoms with van der Waals surface area (Å²) in [4.78, 5) is 1.42. The van der Waals surface area contributed by atoms with Crippen LogP contribution in [0.25, 0.3) is 0 Å². The molecule has 0 aliphatic heterocycles. The van der Waals surface area contributed by atoms with Gasteiger partial charge in [-0.15, -0.1) is 11.8 Å². The summed E-state index contributed by atoms with van der Waals surface area (Å²) >= 11 is 1.92. The van der Waals surface area contributed by atoms with Gasteiger partial charge in [0.05, 0.1) is 0 Å². The van der Waals surface area contributed by atoms with Crippen LogP contribution in [-0.4, -0.2) is 16.7 Å². The summed E-state index contributed by atoms with van der Waals surface area (Å²) < 4.78 is 0. The predicted molar refractivity (Wildman–Crippen MR) is 68.9 cm³/mol. The van der Waals surface area contributed by atoms with Crippen LogP contribution in [0.5, 0.6) is 0 Å². The highest BCUT2D eigenvalue weighted by atomic mass is 32.2. The molecule has 0 amide bonds. The second-order valence-electron chi connectivity index (χ2n) is 3.61. The van der Waals surface area contributed by atoms with E-state index in [9.17, 15) is 0 Å². The van der Waals surface area contributed by atoms with Crippen molar-refractivity contribution in [1.29, 1.82) is 0 Å². The van der Waals surface area contributed by atoms with Gasteiger partial charge in [-0.05, 0) is 35.8 Å². The molecule has 88 valence electrons. The molecule has 3 heteroatoms. The summed E-state index contributed by atoms with van der Waals surface area (Å²) in [5, 5.41) is 0. The van der Waals surface area contributed by atoms with Gasteiger partial charge >= 0.3 is 0 Å². The Morgan fingerprint density at radius 2 is 1.80 bits per heavy atom. The molecule has 1 aromatic carbocycles. The summed E-state index contributed by atoms with van der Waals surface area (Å²) in [6, 6.07) is 6.80. The molecule has 0 aliphatic carbocycles. The Hall–Kier alpha value is -0.510. The first-order valence-corrected chi connectivity index (χ1v) is 5.87. The first-order chi connectivity index (χ1) is 6.15. The Bertz CT molecular complexity index is 285. The van der Waals surface area contributed by atoms with Gasteiger partial charge < -0.3 is 11.0 Å². The van der Waals surface area contributed by atoms with Crippen molar-refractivity contribution in [2.24, 2.45) is 0 Å². The van der Waals surface area contributed by atoms with Gasteiger partial charge in [0.25, 0.3) is 0 Å². The van der Waals surface area contributed by atoms with E-state index in [1.54, 1.807) is 0 Å². The molecule has 1 rings (SSSR count). The molecular formula is C12H22O2S. The molecule has 0 bridgehead atoms. The molecule has 1 aromatic rings. The van der Waals surface area contributed by atoms with E-state index in [-0.39, 0.29) is 11.0 Å². The zero-order valence-electron chi connectivity index (χ0n) is 9.92. The van der Waals surface area contributed by atoms with E-state index in [1.165, 1.54) is 16.0 Å². The Morgan fingerprint density at radius 3 is 2.20 bits per heavy atom. The van der Waals surface area contributed by atoms with Crippen LogP contribution in [-0.2, 0) is 0 Å². The molecule has 0 saturated heterocycles. The zero-order chi connectivity index (χ0) is 9.84. The van der Waals surface area contributed by atoms with Gasteiger partial charge in [-0.25, -0.2) is 0 Å². The molecule has 0 aromatic heterocycles. The number of hydrogen-bond donors (Lipinski definition) is 0. The normalized spacial score (nSPS) is 9.40. The number of thioether (sulfide) groups is 1. The Morgan fingerprint density at radius 1 is 1.20 bits per heavy atom. The predicted octanol–water partition coefficient (Wildman–Crippen LogP) is 2.58. The monoisotopic (exact) mass is 230 g/mol. The van der Waals surface area contributed by atoms with Gasteiger partial charge in [0, 0.05) is 4.90 Å². The third-order valence-electron chi connectivity index (χ3n) is 2.17. The summed E-state index contributed by atoms with van der Waals surface area (Å²) in [6.07, 6.45) is 0. The summed E-state index contributed by atoms with van der Waals surface area (Å²) in [7, 11) is 0. The van der Waals surface area contributed by atoms with Crippen molar-refractivity contribution in [3.63, 3.8) is 0 Å². The SMILES string of the molecule is CCSc1ccc(C(C)C)cc1C.O.O. The lowest BCUT2D eigenvalue weighted by molar-refractivity contribution is 0.823. The van der Waals surface area contributed by atoms with Crippen molar-refractivity contribution < 1.29 is 11.0 Å². The standard InChI is InChI=1S/C12H18S.2H2O/c1-5-13-12-7-6-11(9(2)3)8-10(12)4;;/h6-9H,5H2,1-4H3;2*1H2. The van der Waals surface area contributed by atoms with Gasteiger partial charge in [0.15, 0.2) is 0 Å². The number of hydrogen-bond acceptors (Lipinski definition) is 1. The first-order valence-electron chi connectivity index (χ1n) is 4.88. The highest BCUT2D eigenvalue weighted by molar-refractivity contribution is 7.99. The second kappa shape index (κ2) is 7.74. The summed E-state index contributed by atoms with van der Waals surface area (Å²) in [5.74, 6) is 1.79. The molecular weight excluding hydrogens is 208 g/mol.